The molecule has 0 aromatic rings. The first-order valence-corrected chi connectivity index (χ1v) is 7.85. The highest BCUT2D eigenvalue weighted by Gasteiger charge is 2.50. The van der Waals surface area contributed by atoms with Crippen molar-refractivity contribution in [3.05, 3.63) is 0 Å². The van der Waals surface area contributed by atoms with Crippen LogP contribution in [0.4, 0.5) is 0 Å². The SMILES string of the molecule is CCCCC1(C(=O)OCC(C)C)CCCC1OCC. The lowest BCUT2D eigenvalue weighted by Gasteiger charge is -2.33. The van der Waals surface area contributed by atoms with Crippen LogP contribution in [0.5, 0.6) is 0 Å². The van der Waals surface area contributed by atoms with Crippen molar-refractivity contribution in [2.45, 2.75) is 72.3 Å². The zero-order valence-electron chi connectivity index (χ0n) is 13.0. The Morgan fingerprint density at radius 3 is 2.68 bits per heavy atom. The van der Waals surface area contributed by atoms with E-state index in [1.54, 1.807) is 0 Å². The molecule has 0 N–H and O–H groups in total. The fourth-order valence-corrected chi connectivity index (χ4v) is 2.98. The molecule has 0 bridgehead atoms. The van der Waals surface area contributed by atoms with E-state index in [2.05, 4.69) is 20.8 Å². The molecule has 0 amide bonds. The summed E-state index contributed by atoms with van der Waals surface area (Å²) in [6, 6.07) is 0. The molecule has 0 spiro atoms. The second-order valence-corrected chi connectivity index (χ2v) is 6.09. The topological polar surface area (TPSA) is 35.5 Å². The smallest absolute Gasteiger partial charge is 0.314 e. The van der Waals surface area contributed by atoms with E-state index in [4.69, 9.17) is 9.47 Å². The van der Waals surface area contributed by atoms with Crippen molar-refractivity contribution >= 4 is 5.97 Å². The van der Waals surface area contributed by atoms with E-state index in [0.29, 0.717) is 19.1 Å². The molecular weight excluding hydrogens is 240 g/mol. The van der Waals surface area contributed by atoms with Gasteiger partial charge in [0.2, 0.25) is 0 Å². The zero-order valence-corrected chi connectivity index (χ0v) is 13.0. The average Bonchev–Trinajstić information content (AvgIpc) is 2.78. The minimum atomic E-state index is -0.374. The van der Waals surface area contributed by atoms with Crippen molar-refractivity contribution in [2.75, 3.05) is 13.2 Å². The minimum Gasteiger partial charge on any atom is -0.465 e. The highest BCUT2D eigenvalue weighted by atomic mass is 16.5. The minimum absolute atomic E-state index is 0.0226. The molecule has 0 saturated heterocycles. The predicted octanol–water partition coefficient (Wildman–Crippen LogP) is 3.95. The van der Waals surface area contributed by atoms with Crippen LogP contribution in [0.1, 0.15) is 66.2 Å². The molecule has 3 nitrogen and oxygen atoms in total. The molecule has 2 atom stereocenters. The quantitative estimate of drug-likeness (QED) is 0.626. The van der Waals surface area contributed by atoms with Gasteiger partial charge in [0.25, 0.3) is 0 Å². The Morgan fingerprint density at radius 2 is 2.11 bits per heavy atom. The lowest BCUT2D eigenvalue weighted by molar-refractivity contribution is -0.166. The summed E-state index contributed by atoms with van der Waals surface area (Å²) in [7, 11) is 0. The summed E-state index contributed by atoms with van der Waals surface area (Å²) < 4.78 is 11.4. The normalized spacial score (nSPS) is 26.9. The van der Waals surface area contributed by atoms with Crippen molar-refractivity contribution in [2.24, 2.45) is 11.3 Å². The molecule has 112 valence electrons. The van der Waals surface area contributed by atoms with Gasteiger partial charge in [-0.15, -0.1) is 0 Å². The van der Waals surface area contributed by atoms with Gasteiger partial charge in [0.15, 0.2) is 0 Å². The zero-order chi connectivity index (χ0) is 14.3. The number of esters is 1. The van der Waals surface area contributed by atoms with Crippen LogP contribution in [0.3, 0.4) is 0 Å². The van der Waals surface area contributed by atoms with Gasteiger partial charge in [-0.2, -0.15) is 0 Å². The van der Waals surface area contributed by atoms with Gasteiger partial charge in [-0.05, 0) is 38.5 Å². The molecule has 0 aromatic heterocycles. The molecular formula is C16H30O3. The van der Waals surface area contributed by atoms with Gasteiger partial charge in [-0.1, -0.05) is 33.6 Å². The Balaban J connectivity index is 2.76. The first-order valence-electron chi connectivity index (χ1n) is 7.85. The second-order valence-electron chi connectivity index (χ2n) is 6.09. The van der Waals surface area contributed by atoms with Crippen molar-refractivity contribution in [1.29, 1.82) is 0 Å². The Bertz CT molecular complexity index is 275. The molecule has 0 aliphatic heterocycles. The van der Waals surface area contributed by atoms with Crippen LogP contribution in [-0.2, 0) is 14.3 Å². The van der Waals surface area contributed by atoms with Gasteiger partial charge < -0.3 is 9.47 Å². The molecule has 2 unspecified atom stereocenters. The lowest BCUT2D eigenvalue weighted by atomic mass is 9.79. The predicted molar refractivity (Wildman–Crippen MR) is 77.0 cm³/mol. The summed E-state index contributed by atoms with van der Waals surface area (Å²) >= 11 is 0. The molecule has 1 fully saturated rings. The number of rotatable bonds is 8. The Labute approximate surface area is 118 Å². The molecule has 1 aliphatic rings. The summed E-state index contributed by atoms with van der Waals surface area (Å²) in [5.41, 5.74) is -0.374. The summed E-state index contributed by atoms with van der Waals surface area (Å²) in [4.78, 5) is 12.6. The van der Waals surface area contributed by atoms with Crippen LogP contribution in [0.25, 0.3) is 0 Å². The fourth-order valence-electron chi connectivity index (χ4n) is 2.98. The monoisotopic (exact) mass is 270 g/mol. The van der Waals surface area contributed by atoms with Crippen LogP contribution in [-0.4, -0.2) is 25.3 Å². The van der Waals surface area contributed by atoms with Crippen LogP contribution in [0.15, 0.2) is 0 Å². The number of hydrogen-bond acceptors (Lipinski definition) is 3. The van der Waals surface area contributed by atoms with Gasteiger partial charge in [-0.25, -0.2) is 0 Å². The number of ether oxygens (including phenoxy) is 2. The third-order valence-electron chi connectivity index (χ3n) is 4.00. The van der Waals surface area contributed by atoms with E-state index in [9.17, 15) is 4.79 Å². The van der Waals surface area contributed by atoms with E-state index >= 15 is 0 Å². The van der Waals surface area contributed by atoms with Gasteiger partial charge in [0.1, 0.15) is 0 Å². The van der Waals surface area contributed by atoms with Crippen molar-refractivity contribution in [3.8, 4) is 0 Å². The summed E-state index contributed by atoms with van der Waals surface area (Å²) in [6.07, 6.45) is 6.14. The highest BCUT2D eigenvalue weighted by Crippen LogP contribution is 2.45. The third-order valence-corrected chi connectivity index (χ3v) is 4.00. The first-order chi connectivity index (χ1) is 9.06. The molecule has 0 heterocycles. The fraction of sp³-hybridized carbons (Fsp3) is 0.938. The Hall–Kier alpha value is -0.570. The largest absolute Gasteiger partial charge is 0.465 e. The first kappa shape index (κ1) is 16.5. The van der Waals surface area contributed by atoms with Crippen molar-refractivity contribution in [1.82, 2.24) is 0 Å². The van der Waals surface area contributed by atoms with Crippen LogP contribution >= 0.6 is 0 Å². The maximum atomic E-state index is 12.6. The molecule has 19 heavy (non-hydrogen) atoms. The molecule has 1 rings (SSSR count). The number of unbranched alkanes of at least 4 members (excludes halogenated alkanes) is 1. The molecule has 0 radical (unpaired) electrons. The van der Waals surface area contributed by atoms with Gasteiger partial charge in [0, 0.05) is 6.61 Å². The van der Waals surface area contributed by atoms with Crippen molar-refractivity contribution in [3.63, 3.8) is 0 Å². The van der Waals surface area contributed by atoms with E-state index in [-0.39, 0.29) is 17.5 Å². The third kappa shape index (κ3) is 4.20. The number of carbonyl (C=O) groups is 1. The number of carbonyl (C=O) groups excluding carboxylic acids is 1. The number of hydrogen-bond donors (Lipinski definition) is 0. The van der Waals surface area contributed by atoms with E-state index in [0.717, 1.165) is 38.5 Å². The van der Waals surface area contributed by atoms with Crippen LogP contribution in [0.2, 0.25) is 0 Å². The maximum Gasteiger partial charge on any atom is 0.314 e. The van der Waals surface area contributed by atoms with Crippen LogP contribution < -0.4 is 0 Å². The maximum absolute atomic E-state index is 12.6. The molecule has 1 saturated carbocycles. The molecule has 0 aromatic carbocycles. The molecule has 3 heteroatoms. The van der Waals surface area contributed by atoms with Gasteiger partial charge in [0.05, 0.1) is 18.1 Å². The summed E-state index contributed by atoms with van der Waals surface area (Å²) in [5.74, 6) is 0.365. The van der Waals surface area contributed by atoms with Gasteiger partial charge >= 0.3 is 5.97 Å². The van der Waals surface area contributed by atoms with Crippen molar-refractivity contribution < 1.29 is 14.3 Å². The van der Waals surface area contributed by atoms with E-state index < -0.39 is 0 Å². The highest BCUT2D eigenvalue weighted by molar-refractivity contribution is 5.78. The van der Waals surface area contributed by atoms with E-state index in [1.165, 1.54) is 0 Å². The average molecular weight is 270 g/mol. The molecule has 1 aliphatic carbocycles. The Kier molecular flexibility index (Phi) is 6.84. The standard InChI is InChI=1S/C16H30O3/c1-5-7-10-16(15(17)19-12-13(3)4)11-8-9-14(16)18-6-2/h13-14H,5-12H2,1-4H3. The second kappa shape index (κ2) is 7.88. The van der Waals surface area contributed by atoms with Gasteiger partial charge in [-0.3, -0.25) is 4.79 Å². The van der Waals surface area contributed by atoms with Crippen LogP contribution in [0, 0.1) is 11.3 Å². The summed E-state index contributed by atoms with van der Waals surface area (Å²) in [6.45, 7) is 9.50. The lowest BCUT2D eigenvalue weighted by Crippen LogP contribution is -2.41. The Morgan fingerprint density at radius 1 is 1.37 bits per heavy atom. The van der Waals surface area contributed by atoms with E-state index in [1.807, 2.05) is 6.92 Å². The summed E-state index contributed by atoms with van der Waals surface area (Å²) in [5, 5.41) is 0.